The Morgan fingerprint density at radius 2 is 2.00 bits per heavy atom. The molecule has 1 amide bonds. The lowest BCUT2D eigenvalue weighted by molar-refractivity contribution is 0.0785. The van der Waals surface area contributed by atoms with Crippen molar-refractivity contribution in [2.45, 2.75) is 13.0 Å². The Morgan fingerprint density at radius 3 is 2.76 bits per heavy atom. The molecule has 2 aromatic carbocycles. The van der Waals surface area contributed by atoms with Crippen LogP contribution in [0.4, 0.5) is 5.69 Å². The highest BCUT2D eigenvalue weighted by Gasteiger charge is 2.16. The number of halogens is 1. The molecule has 0 aliphatic carbocycles. The van der Waals surface area contributed by atoms with Crippen molar-refractivity contribution in [3.63, 3.8) is 0 Å². The fourth-order valence-corrected chi connectivity index (χ4v) is 2.72. The molecule has 0 spiro atoms. The first kappa shape index (κ1) is 14.0. The van der Waals surface area contributed by atoms with E-state index in [0.29, 0.717) is 11.6 Å². The molecule has 0 fully saturated rings. The molecule has 0 unspecified atom stereocenters. The lowest BCUT2D eigenvalue weighted by atomic mass is 10.1. The van der Waals surface area contributed by atoms with E-state index in [-0.39, 0.29) is 5.91 Å². The van der Waals surface area contributed by atoms with Crippen molar-refractivity contribution in [2.24, 2.45) is 0 Å². The maximum Gasteiger partial charge on any atom is 0.253 e. The molecular weight excluding hydrogens is 284 g/mol. The largest absolute Gasteiger partial charge is 0.384 e. The van der Waals surface area contributed by atoms with Crippen molar-refractivity contribution in [1.82, 2.24) is 4.90 Å². The molecule has 0 saturated heterocycles. The first-order valence-electron chi connectivity index (χ1n) is 7.00. The fraction of sp³-hybridized carbons (Fsp3) is 0.235. The van der Waals surface area contributed by atoms with Crippen molar-refractivity contribution in [2.75, 3.05) is 18.9 Å². The fourth-order valence-electron chi connectivity index (χ4n) is 2.59. The number of fused-ring (bicyclic) bond motifs is 1. The van der Waals surface area contributed by atoms with E-state index in [1.165, 1.54) is 5.56 Å². The van der Waals surface area contributed by atoms with E-state index < -0.39 is 0 Å². The highest BCUT2D eigenvalue weighted by Crippen LogP contribution is 2.23. The average Bonchev–Trinajstić information content (AvgIpc) is 2.96. The highest BCUT2D eigenvalue weighted by molar-refractivity contribution is 6.30. The summed E-state index contributed by atoms with van der Waals surface area (Å²) in [7, 11) is 1.82. The summed E-state index contributed by atoms with van der Waals surface area (Å²) in [4.78, 5) is 14.2. The maximum absolute atomic E-state index is 12.5. The van der Waals surface area contributed by atoms with Crippen LogP contribution in [-0.4, -0.2) is 24.4 Å². The normalized spacial score (nSPS) is 12.7. The van der Waals surface area contributed by atoms with Crippen LogP contribution >= 0.6 is 11.6 Å². The molecule has 1 heterocycles. The van der Waals surface area contributed by atoms with Crippen molar-refractivity contribution < 1.29 is 4.79 Å². The van der Waals surface area contributed by atoms with Crippen LogP contribution in [0.25, 0.3) is 0 Å². The van der Waals surface area contributed by atoms with Crippen LogP contribution in [0.15, 0.2) is 42.5 Å². The van der Waals surface area contributed by atoms with Crippen molar-refractivity contribution in [3.05, 3.63) is 64.2 Å². The van der Waals surface area contributed by atoms with Gasteiger partial charge in [-0.3, -0.25) is 4.79 Å². The van der Waals surface area contributed by atoms with Crippen molar-refractivity contribution >= 4 is 23.2 Å². The predicted octanol–water partition coefficient (Wildman–Crippen LogP) is 3.58. The van der Waals surface area contributed by atoms with Crippen LogP contribution in [0.2, 0.25) is 5.02 Å². The molecule has 108 valence electrons. The molecule has 0 bridgehead atoms. The van der Waals surface area contributed by atoms with E-state index in [0.717, 1.165) is 29.8 Å². The summed E-state index contributed by atoms with van der Waals surface area (Å²) in [5.74, 6) is 0.0413. The van der Waals surface area contributed by atoms with Crippen LogP contribution in [-0.2, 0) is 13.0 Å². The van der Waals surface area contributed by atoms with E-state index in [1.807, 2.05) is 49.5 Å². The Kier molecular flexibility index (Phi) is 3.84. The number of carbonyl (C=O) groups is 1. The number of hydrogen-bond donors (Lipinski definition) is 1. The van der Waals surface area contributed by atoms with E-state index in [2.05, 4.69) is 5.32 Å². The first-order valence-corrected chi connectivity index (χ1v) is 7.38. The highest BCUT2D eigenvalue weighted by atomic mass is 35.5. The predicted molar refractivity (Wildman–Crippen MR) is 85.9 cm³/mol. The van der Waals surface area contributed by atoms with Gasteiger partial charge in [0, 0.05) is 36.4 Å². The van der Waals surface area contributed by atoms with Gasteiger partial charge in [0.2, 0.25) is 0 Å². The number of nitrogens with one attached hydrogen (secondary N) is 1. The minimum atomic E-state index is 0.0413. The molecule has 2 aromatic rings. The second-order valence-electron chi connectivity index (χ2n) is 5.34. The van der Waals surface area contributed by atoms with Gasteiger partial charge in [0.1, 0.15) is 0 Å². The van der Waals surface area contributed by atoms with Gasteiger partial charge in [-0.15, -0.1) is 0 Å². The first-order chi connectivity index (χ1) is 10.1. The quantitative estimate of drug-likeness (QED) is 0.939. The van der Waals surface area contributed by atoms with E-state index in [4.69, 9.17) is 11.6 Å². The van der Waals surface area contributed by atoms with Gasteiger partial charge in [0.05, 0.1) is 0 Å². The Hall–Kier alpha value is -2.00. The Bertz CT molecular complexity index is 667. The smallest absolute Gasteiger partial charge is 0.253 e. The number of carbonyl (C=O) groups excluding carboxylic acids is 1. The van der Waals surface area contributed by atoms with Gasteiger partial charge in [-0.1, -0.05) is 23.7 Å². The number of amides is 1. The van der Waals surface area contributed by atoms with Gasteiger partial charge in [0.15, 0.2) is 0 Å². The van der Waals surface area contributed by atoms with E-state index in [9.17, 15) is 4.79 Å². The maximum atomic E-state index is 12.5. The minimum absolute atomic E-state index is 0.0413. The van der Waals surface area contributed by atoms with Gasteiger partial charge in [-0.2, -0.15) is 0 Å². The monoisotopic (exact) mass is 300 g/mol. The van der Waals surface area contributed by atoms with E-state index in [1.54, 1.807) is 4.90 Å². The summed E-state index contributed by atoms with van der Waals surface area (Å²) >= 11 is 5.87. The van der Waals surface area contributed by atoms with Gasteiger partial charge in [-0.05, 0) is 47.9 Å². The van der Waals surface area contributed by atoms with Gasteiger partial charge in [0.25, 0.3) is 5.91 Å². The summed E-state index contributed by atoms with van der Waals surface area (Å²) in [5.41, 5.74) is 4.18. The standard InChI is InChI=1S/C17H17ClN2O/c1-20(11-12-2-5-15(18)6-3-12)17(21)14-4-7-16-13(10-14)8-9-19-16/h2-7,10,19H,8-9,11H2,1H3. The lowest BCUT2D eigenvalue weighted by Gasteiger charge is -2.18. The number of anilines is 1. The van der Waals surface area contributed by atoms with Gasteiger partial charge >= 0.3 is 0 Å². The van der Waals surface area contributed by atoms with Gasteiger partial charge in [-0.25, -0.2) is 0 Å². The SMILES string of the molecule is CN(Cc1ccc(Cl)cc1)C(=O)c1ccc2c(c1)CCN2. The van der Waals surface area contributed by atoms with E-state index >= 15 is 0 Å². The Labute approximate surface area is 129 Å². The second-order valence-corrected chi connectivity index (χ2v) is 5.77. The molecule has 1 N–H and O–H groups in total. The van der Waals surface area contributed by atoms with Gasteiger partial charge < -0.3 is 10.2 Å². The van der Waals surface area contributed by atoms with Crippen LogP contribution < -0.4 is 5.32 Å². The molecule has 0 saturated carbocycles. The molecule has 4 heteroatoms. The van der Waals surface area contributed by atoms with Crippen LogP contribution in [0, 0.1) is 0 Å². The third kappa shape index (κ3) is 3.03. The summed E-state index contributed by atoms with van der Waals surface area (Å²) in [5, 5.41) is 4.01. The zero-order valence-corrected chi connectivity index (χ0v) is 12.7. The molecular formula is C17H17ClN2O. The van der Waals surface area contributed by atoms with Crippen LogP contribution in [0.5, 0.6) is 0 Å². The summed E-state index contributed by atoms with van der Waals surface area (Å²) in [6, 6.07) is 13.4. The molecule has 1 aliphatic heterocycles. The minimum Gasteiger partial charge on any atom is -0.384 e. The molecule has 21 heavy (non-hydrogen) atoms. The summed E-state index contributed by atoms with van der Waals surface area (Å²) < 4.78 is 0. The zero-order valence-electron chi connectivity index (χ0n) is 11.9. The Morgan fingerprint density at radius 1 is 1.24 bits per heavy atom. The van der Waals surface area contributed by atoms with Crippen molar-refractivity contribution in [3.8, 4) is 0 Å². The number of rotatable bonds is 3. The third-order valence-corrected chi connectivity index (χ3v) is 3.99. The number of nitrogens with zero attached hydrogens (tertiary/aromatic N) is 1. The molecule has 3 nitrogen and oxygen atoms in total. The molecule has 0 atom stereocenters. The third-order valence-electron chi connectivity index (χ3n) is 3.74. The number of hydrogen-bond acceptors (Lipinski definition) is 2. The Balaban J connectivity index is 1.73. The molecule has 0 aromatic heterocycles. The molecule has 1 aliphatic rings. The summed E-state index contributed by atoms with van der Waals surface area (Å²) in [6.07, 6.45) is 0.983. The topological polar surface area (TPSA) is 32.3 Å². The van der Waals surface area contributed by atoms with Crippen molar-refractivity contribution in [1.29, 1.82) is 0 Å². The zero-order chi connectivity index (χ0) is 14.8. The average molecular weight is 301 g/mol. The molecule has 3 rings (SSSR count). The lowest BCUT2D eigenvalue weighted by Crippen LogP contribution is -2.26. The molecule has 0 radical (unpaired) electrons. The number of benzene rings is 2. The van der Waals surface area contributed by atoms with Crippen LogP contribution in [0.3, 0.4) is 0 Å². The van der Waals surface area contributed by atoms with Crippen LogP contribution in [0.1, 0.15) is 21.5 Å². The summed E-state index contributed by atoms with van der Waals surface area (Å²) in [6.45, 7) is 1.53. The second kappa shape index (κ2) is 5.78.